The van der Waals surface area contributed by atoms with Crippen LogP contribution in [0.4, 0.5) is 8.78 Å². The minimum Gasteiger partial charge on any atom is -0.486 e. The van der Waals surface area contributed by atoms with E-state index < -0.39 is 11.6 Å². The molecule has 0 heterocycles. The first-order chi connectivity index (χ1) is 8.56. The number of hydrogen-bond donors (Lipinski definition) is 0. The van der Waals surface area contributed by atoms with E-state index in [1.54, 1.807) is 6.07 Å². The predicted molar refractivity (Wildman–Crippen MR) is 69.8 cm³/mol. The molecule has 0 N–H and O–H groups in total. The monoisotopic (exact) mass is 332 g/mol. The van der Waals surface area contributed by atoms with Crippen LogP contribution in [0.1, 0.15) is 5.56 Å². The summed E-state index contributed by atoms with van der Waals surface area (Å²) in [6.07, 6.45) is 0. The van der Waals surface area contributed by atoms with E-state index in [2.05, 4.69) is 15.9 Å². The fraction of sp³-hybridized carbons (Fsp3) is 0.0769. The van der Waals surface area contributed by atoms with Crippen LogP contribution >= 0.6 is 27.5 Å². The van der Waals surface area contributed by atoms with Gasteiger partial charge in [0.25, 0.3) is 0 Å². The van der Waals surface area contributed by atoms with E-state index in [0.717, 1.165) is 0 Å². The van der Waals surface area contributed by atoms with Gasteiger partial charge >= 0.3 is 0 Å². The van der Waals surface area contributed by atoms with Gasteiger partial charge in [-0.2, -0.15) is 0 Å². The predicted octanol–water partition coefficient (Wildman–Crippen LogP) is 4.96. The molecule has 94 valence electrons. The van der Waals surface area contributed by atoms with E-state index in [1.807, 2.05) is 0 Å². The molecule has 2 aromatic carbocycles. The number of hydrogen-bond acceptors (Lipinski definition) is 1. The third-order valence-corrected chi connectivity index (χ3v) is 3.14. The molecule has 0 unspecified atom stereocenters. The summed E-state index contributed by atoms with van der Waals surface area (Å²) in [5, 5.41) is 0.255. The first kappa shape index (κ1) is 13.3. The highest BCUT2D eigenvalue weighted by Gasteiger charge is 2.07. The summed E-state index contributed by atoms with van der Waals surface area (Å²) in [5.41, 5.74) is 0.595. The van der Waals surface area contributed by atoms with Crippen LogP contribution in [0.3, 0.4) is 0 Å². The van der Waals surface area contributed by atoms with Gasteiger partial charge in [0.15, 0.2) is 11.6 Å². The van der Waals surface area contributed by atoms with E-state index in [1.165, 1.54) is 30.3 Å². The highest BCUT2D eigenvalue weighted by Crippen LogP contribution is 2.24. The Bertz CT molecular complexity index is 575. The molecule has 0 atom stereocenters. The average Bonchev–Trinajstić information content (AvgIpc) is 2.32. The van der Waals surface area contributed by atoms with Crippen molar-refractivity contribution < 1.29 is 13.5 Å². The van der Waals surface area contributed by atoms with Crippen LogP contribution in [0.5, 0.6) is 5.75 Å². The SMILES string of the molecule is Fc1ccc(COc2cc(Br)ccc2F)c(Cl)c1. The average molecular weight is 334 g/mol. The molecule has 0 radical (unpaired) electrons. The maximum absolute atomic E-state index is 13.4. The molecule has 0 fully saturated rings. The van der Waals surface area contributed by atoms with E-state index in [-0.39, 0.29) is 17.4 Å². The zero-order valence-corrected chi connectivity index (χ0v) is 11.4. The summed E-state index contributed by atoms with van der Waals surface area (Å²) in [7, 11) is 0. The van der Waals surface area contributed by atoms with Crippen LogP contribution in [0.2, 0.25) is 5.02 Å². The maximum atomic E-state index is 13.4. The molecule has 2 aromatic rings. The van der Waals surface area contributed by atoms with Gasteiger partial charge in [-0.15, -0.1) is 0 Å². The molecule has 0 aliphatic heterocycles. The molecular formula is C13H8BrClF2O. The lowest BCUT2D eigenvalue weighted by molar-refractivity contribution is 0.290. The first-order valence-corrected chi connectivity index (χ1v) is 6.25. The molecule has 1 nitrogen and oxygen atoms in total. The molecule has 0 spiro atoms. The molecule has 0 aliphatic carbocycles. The van der Waals surface area contributed by atoms with Crippen molar-refractivity contribution in [3.63, 3.8) is 0 Å². The fourth-order valence-electron chi connectivity index (χ4n) is 1.38. The second-order valence-electron chi connectivity index (χ2n) is 3.60. The lowest BCUT2D eigenvalue weighted by atomic mass is 10.2. The van der Waals surface area contributed by atoms with Gasteiger partial charge in [0.1, 0.15) is 12.4 Å². The third-order valence-electron chi connectivity index (χ3n) is 2.29. The number of halogens is 4. The quantitative estimate of drug-likeness (QED) is 0.771. The Hall–Kier alpha value is -1.13. The normalized spacial score (nSPS) is 10.4. The van der Waals surface area contributed by atoms with Crippen LogP contribution in [0.15, 0.2) is 40.9 Å². The Labute approximate surface area is 116 Å². The van der Waals surface area contributed by atoms with Gasteiger partial charge in [-0.05, 0) is 30.3 Å². The van der Waals surface area contributed by atoms with Crippen molar-refractivity contribution in [1.29, 1.82) is 0 Å². The van der Waals surface area contributed by atoms with Crippen LogP contribution in [0.25, 0.3) is 0 Å². The minimum absolute atomic E-state index is 0.0759. The van der Waals surface area contributed by atoms with Crippen molar-refractivity contribution in [3.8, 4) is 5.75 Å². The standard InChI is InChI=1S/C13H8BrClF2O/c14-9-2-4-12(17)13(5-9)18-7-8-1-3-10(16)6-11(8)15/h1-6H,7H2. The maximum Gasteiger partial charge on any atom is 0.165 e. The van der Waals surface area contributed by atoms with Crippen LogP contribution < -0.4 is 4.74 Å². The fourth-order valence-corrected chi connectivity index (χ4v) is 1.94. The van der Waals surface area contributed by atoms with Crippen LogP contribution in [-0.2, 0) is 6.61 Å². The van der Waals surface area contributed by atoms with Gasteiger partial charge in [-0.25, -0.2) is 8.78 Å². The van der Waals surface area contributed by atoms with Gasteiger partial charge in [0, 0.05) is 10.0 Å². The van der Waals surface area contributed by atoms with Crippen LogP contribution in [0, 0.1) is 11.6 Å². The zero-order chi connectivity index (χ0) is 13.1. The molecule has 0 bridgehead atoms. The summed E-state index contributed by atoms with van der Waals surface area (Å²) in [5.74, 6) is -0.765. The lowest BCUT2D eigenvalue weighted by Gasteiger charge is -2.09. The smallest absolute Gasteiger partial charge is 0.165 e. The van der Waals surface area contributed by atoms with Crippen molar-refractivity contribution in [3.05, 3.63) is 63.1 Å². The Morgan fingerprint density at radius 1 is 1.11 bits per heavy atom. The lowest BCUT2D eigenvalue weighted by Crippen LogP contribution is -1.98. The Balaban J connectivity index is 2.13. The Morgan fingerprint density at radius 3 is 2.61 bits per heavy atom. The minimum atomic E-state index is -0.462. The van der Waals surface area contributed by atoms with E-state index in [9.17, 15) is 8.78 Å². The molecule has 2 rings (SSSR count). The summed E-state index contributed by atoms with van der Waals surface area (Å²) in [4.78, 5) is 0. The zero-order valence-electron chi connectivity index (χ0n) is 9.09. The van der Waals surface area contributed by atoms with Gasteiger partial charge in [-0.3, -0.25) is 0 Å². The molecular weight excluding hydrogens is 325 g/mol. The van der Waals surface area contributed by atoms with Crippen molar-refractivity contribution >= 4 is 27.5 Å². The molecule has 0 amide bonds. The van der Waals surface area contributed by atoms with Crippen LogP contribution in [-0.4, -0.2) is 0 Å². The Morgan fingerprint density at radius 2 is 1.89 bits per heavy atom. The molecule has 5 heteroatoms. The van der Waals surface area contributed by atoms with Gasteiger partial charge in [0.2, 0.25) is 0 Å². The topological polar surface area (TPSA) is 9.23 Å². The van der Waals surface area contributed by atoms with Crippen molar-refractivity contribution in [2.45, 2.75) is 6.61 Å². The number of rotatable bonds is 3. The highest BCUT2D eigenvalue weighted by atomic mass is 79.9. The summed E-state index contributed by atoms with van der Waals surface area (Å²) in [6, 6.07) is 8.37. The second kappa shape index (κ2) is 5.67. The van der Waals surface area contributed by atoms with Gasteiger partial charge in [-0.1, -0.05) is 33.6 Å². The number of benzene rings is 2. The van der Waals surface area contributed by atoms with E-state index in [4.69, 9.17) is 16.3 Å². The summed E-state index contributed by atoms with van der Waals surface area (Å²) < 4.78 is 32.3. The largest absolute Gasteiger partial charge is 0.486 e. The van der Waals surface area contributed by atoms with E-state index >= 15 is 0 Å². The number of ether oxygens (including phenoxy) is 1. The molecule has 0 saturated carbocycles. The third kappa shape index (κ3) is 3.21. The first-order valence-electron chi connectivity index (χ1n) is 5.08. The van der Waals surface area contributed by atoms with Crippen molar-refractivity contribution in [2.75, 3.05) is 0 Å². The van der Waals surface area contributed by atoms with Crippen molar-refractivity contribution in [1.82, 2.24) is 0 Å². The highest BCUT2D eigenvalue weighted by molar-refractivity contribution is 9.10. The molecule has 0 saturated heterocycles. The summed E-state index contributed by atoms with van der Waals surface area (Å²) >= 11 is 9.07. The van der Waals surface area contributed by atoms with Crippen molar-refractivity contribution in [2.24, 2.45) is 0 Å². The van der Waals surface area contributed by atoms with E-state index in [0.29, 0.717) is 10.0 Å². The Kier molecular flexibility index (Phi) is 4.19. The molecule has 18 heavy (non-hydrogen) atoms. The van der Waals surface area contributed by atoms with Gasteiger partial charge in [0.05, 0.1) is 5.02 Å². The molecule has 0 aliphatic rings. The van der Waals surface area contributed by atoms with Gasteiger partial charge < -0.3 is 4.74 Å². The molecule has 0 aromatic heterocycles. The summed E-state index contributed by atoms with van der Waals surface area (Å²) in [6.45, 7) is 0.0759. The second-order valence-corrected chi connectivity index (χ2v) is 4.92.